The number of rotatable bonds is 7. The Hall–Kier alpha value is -1.33. The standard InChI is InChI=1S/C15H24N4S/c1-11(2)19(3)9-5-4-8-17-15-18-13-7-6-12(16)10-14(13)20-15/h6-7,10-11H,4-5,8-9,16H2,1-3H3,(H,17,18). The van der Waals surface area contributed by atoms with Gasteiger partial charge in [0, 0.05) is 18.3 Å². The number of nitrogens with zero attached hydrogens (tertiary/aromatic N) is 2. The van der Waals surface area contributed by atoms with E-state index in [2.05, 4.69) is 36.1 Å². The molecule has 5 heteroatoms. The van der Waals surface area contributed by atoms with Crippen LogP contribution >= 0.6 is 11.3 Å². The van der Waals surface area contributed by atoms with Crippen LogP contribution < -0.4 is 11.1 Å². The van der Waals surface area contributed by atoms with Crippen LogP contribution in [0.5, 0.6) is 0 Å². The van der Waals surface area contributed by atoms with Crippen molar-refractivity contribution in [2.24, 2.45) is 0 Å². The largest absolute Gasteiger partial charge is 0.399 e. The molecule has 0 saturated carbocycles. The van der Waals surface area contributed by atoms with E-state index in [1.165, 1.54) is 6.42 Å². The topological polar surface area (TPSA) is 54.2 Å². The second kappa shape index (κ2) is 6.90. The van der Waals surface area contributed by atoms with Crippen LogP contribution in [0.15, 0.2) is 18.2 Å². The second-order valence-corrected chi connectivity index (χ2v) is 6.49. The van der Waals surface area contributed by atoms with Crippen LogP contribution in [-0.2, 0) is 0 Å². The van der Waals surface area contributed by atoms with Crippen molar-refractivity contribution in [3.8, 4) is 0 Å². The molecular weight excluding hydrogens is 268 g/mol. The molecule has 2 aromatic rings. The number of hydrogen-bond donors (Lipinski definition) is 2. The zero-order chi connectivity index (χ0) is 14.5. The number of fused-ring (bicyclic) bond motifs is 1. The molecule has 4 nitrogen and oxygen atoms in total. The van der Waals surface area contributed by atoms with Crippen LogP contribution in [-0.4, -0.2) is 36.1 Å². The van der Waals surface area contributed by atoms with Gasteiger partial charge < -0.3 is 16.0 Å². The normalized spacial score (nSPS) is 11.7. The predicted molar refractivity (Wildman–Crippen MR) is 89.5 cm³/mol. The third-order valence-corrected chi connectivity index (χ3v) is 4.48. The van der Waals surface area contributed by atoms with E-state index >= 15 is 0 Å². The highest BCUT2D eigenvalue weighted by molar-refractivity contribution is 7.22. The van der Waals surface area contributed by atoms with Gasteiger partial charge in [0.25, 0.3) is 0 Å². The van der Waals surface area contributed by atoms with Crippen LogP contribution in [0, 0.1) is 0 Å². The van der Waals surface area contributed by atoms with Crippen molar-refractivity contribution < 1.29 is 0 Å². The number of nitrogens with one attached hydrogen (secondary N) is 1. The molecule has 0 spiro atoms. The molecule has 20 heavy (non-hydrogen) atoms. The minimum atomic E-state index is 0.623. The van der Waals surface area contributed by atoms with Gasteiger partial charge in [0.2, 0.25) is 0 Å². The summed E-state index contributed by atoms with van der Waals surface area (Å²) in [5, 5.41) is 4.39. The molecule has 0 saturated heterocycles. The Bertz CT molecular complexity index is 550. The number of benzene rings is 1. The zero-order valence-electron chi connectivity index (χ0n) is 12.5. The van der Waals surface area contributed by atoms with Gasteiger partial charge in [-0.1, -0.05) is 11.3 Å². The Kier molecular flexibility index (Phi) is 5.20. The molecule has 2 rings (SSSR count). The molecule has 0 bridgehead atoms. The fraction of sp³-hybridized carbons (Fsp3) is 0.533. The Morgan fingerprint density at radius 2 is 2.15 bits per heavy atom. The first-order valence-electron chi connectivity index (χ1n) is 7.16. The van der Waals surface area contributed by atoms with Crippen LogP contribution in [0.3, 0.4) is 0 Å². The molecule has 1 aromatic carbocycles. The summed E-state index contributed by atoms with van der Waals surface area (Å²) in [6.45, 7) is 6.58. The maximum atomic E-state index is 5.78. The maximum Gasteiger partial charge on any atom is 0.183 e. The van der Waals surface area contributed by atoms with E-state index in [1.807, 2.05) is 18.2 Å². The smallest absolute Gasteiger partial charge is 0.183 e. The Morgan fingerprint density at radius 3 is 2.90 bits per heavy atom. The summed E-state index contributed by atoms with van der Waals surface area (Å²) in [5.74, 6) is 0. The minimum Gasteiger partial charge on any atom is -0.399 e. The van der Waals surface area contributed by atoms with Crippen molar-refractivity contribution in [2.45, 2.75) is 32.7 Å². The van der Waals surface area contributed by atoms with Gasteiger partial charge in [0.1, 0.15) is 0 Å². The summed E-state index contributed by atoms with van der Waals surface area (Å²) in [4.78, 5) is 6.93. The zero-order valence-corrected chi connectivity index (χ0v) is 13.3. The van der Waals surface area contributed by atoms with Gasteiger partial charge in [-0.25, -0.2) is 4.98 Å². The summed E-state index contributed by atoms with van der Waals surface area (Å²) in [5.41, 5.74) is 7.59. The van der Waals surface area contributed by atoms with E-state index in [9.17, 15) is 0 Å². The molecule has 0 unspecified atom stereocenters. The number of anilines is 2. The van der Waals surface area contributed by atoms with Crippen LogP contribution in [0.1, 0.15) is 26.7 Å². The highest BCUT2D eigenvalue weighted by atomic mass is 32.1. The fourth-order valence-corrected chi connectivity index (χ4v) is 2.90. The molecule has 0 amide bonds. The maximum absolute atomic E-state index is 5.78. The molecule has 1 heterocycles. The van der Waals surface area contributed by atoms with E-state index in [0.29, 0.717) is 6.04 Å². The molecule has 0 aliphatic carbocycles. The Morgan fingerprint density at radius 1 is 1.35 bits per heavy atom. The van der Waals surface area contributed by atoms with Crippen LogP contribution in [0.4, 0.5) is 10.8 Å². The lowest BCUT2D eigenvalue weighted by molar-refractivity contribution is 0.269. The molecule has 0 fully saturated rings. The number of hydrogen-bond acceptors (Lipinski definition) is 5. The summed E-state index contributed by atoms with van der Waals surface area (Å²) in [7, 11) is 2.18. The van der Waals surface area contributed by atoms with Crippen LogP contribution in [0.2, 0.25) is 0 Å². The summed E-state index contributed by atoms with van der Waals surface area (Å²) in [6.07, 6.45) is 2.37. The number of unbranched alkanes of at least 4 members (excludes halogenated alkanes) is 1. The number of aromatic nitrogens is 1. The Labute approximate surface area is 125 Å². The van der Waals surface area contributed by atoms with Crippen molar-refractivity contribution in [3.63, 3.8) is 0 Å². The van der Waals surface area contributed by atoms with Crippen molar-refractivity contribution in [1.29, 1.82) is 0 Å². The van der Waals surface area contributed by atoms with Gasteiger partial charge >= 0.3 is 0 Å². The lowest BCUT2D eigenvalue weighted by atomic mass is 10.2. The van der Waals surface area contributed by atoms with E-state index in [4.69, 9.17) is 5.73 Å². The third-order valence-electron chi connectivity index (χ3n) is 3.51. The van der Waals surface area contributed by atoms with Gasteiger partial charge in [-0.2, -0.15) is 0 Å². The summed E-state index contributed by atoms with van der Waals surface area (Å²) >= 11 is 1.67. The monoisotopic (exact) mass is 292 g/mol. The average molecular weight is 292 g/mol. The number of nitrogens with two attached hydrogens (primary N) is 1. The van der Waals surface area contributed by atoms with Gasteiger partial charge in [-0.15, -0.1) is 0 Å². The molecule has 1 aromatic heterocycles. The average Bonchev–Trinajstić information content (AvgIpc) is 2.79. The molecule has 0 aliphatic heterocycles. The van der Waals surface area contributed by atoms with Crippen molar-refractivity contribution in [2.75, 3.05) is 31.2 Å². The highest BCUT2D eigenvalue weighted by Gasteiger charge is 2.04. The number of nitrogen functional groups attached to an aromatic ring is 1. The molecule has 110 valence electrons. The molecule has 0 radical (unpaired) electrons. The molecule has 3 N–H and O–H groups in total. The molecular formula is C15H24N4S. The van der Waals surface area contributed by atoms with E-state index < -0.39 is 0 Å². The van der Waals surface area contributed by atoms with E-state index in [0.717, 1.165) is 40.5 Å². The van der Waals surface area contributed by atoms with Crippen molar-refractivity contribution >= 4 is 32.4 Å². The number of thiazole rings is 1. The van der Waals surface area contributed by atoms with Gasteiger partial charge in [0.15, 0.2) is 5.13 Å². The molecule has 0 atom stereocenters. The third kappa shape index (κ3) is 4.08. The first kappa shape index (κ1) is 15.1. The first-order valence-corrected chi connectivity index (χ1v) is 7.98. The fourth-order valence-electron chi connectivity index (χ4n) is 1.96. The van der Waals surface area contributed by atoms with Gasteiger partial charge in [-0.3, -0.25) is 0 Å². The van der Waals surface area contributed by atoms with Crippen LogP contribution in [0.25, 0.3) is 10.2 Å². The Balaban J connectivity index is 1.76. The first-order chi connectivity index (χ1) is 9.56. The van der Waals surface area contributed by atoms with E-state index in [1.54, 1.807) is 11.3 Å². The molecule has 0 aliphatic rings. The van der Waals surface area contributed by atoms with Crippen molar-refractivity contribution in [1.82, 2.24) is 9.88 Å². The SMILES string of the molecule is CC(C)N(C)CCCCNc1nc2ccc(N)cc2s1. The van der Waals surface area contributed by atoms with Gasteiger partial charge in [0.05, 0.1) is 10.2 Å². The van der Waals surface area contributed by atoms with Gasteiger partial charge in [-0.05, 0) is 58.5 Å². The highest BCUT2D eigenvalue weighted by Crippen LogP contribution is 2.27. The lowest BCUT2D eigenvalue weighted by Crippen LogP contribution is -2.27. The summed E-state index contributed by atoms with van der Waals surface area (Å²) < 4.78 is 1.15. The van der Waals surface area contributed by atoms with E-state index in [-0.39, 0.29) is 0 Å². The predicted octanol–water partition coefficient (Wildman–Crippen LogP) is 3.41. The summed E-state index contributed by atoms with van der Waals surface area (Å²) in [6, 6.07) is 6.48. The quantitative estimate of drug-likeness (QED) is 0.606. The minimum absolute atomic E-state index is 0.623. The lowest BCUT2D eigenvalue weighted by Gasteiger charge is -2.20. The second-order valence-electron chi connectivity index (χ2n) is 5.45. The van der Waals surface area contributed by atoms with Crippen molar-refractivity contribution in [3.05, 3.63) is 18.2 Å².